The molecule has 0 unspecified atom stereocenters. The zero-order valence-electron chi connectivity index (χ0n) is 10.9. The molecule has 2 rings (SSSR count). The van der Waals surface area contributed by atoms with Crippen molar-refractivity contribution in [2.24, 2.45) is 0 Å². The minimum atomic E-state index is -0.441. The number of aliphatic hydroxyl groups is 1. The van der Waals surface area contributed by atoms with Crippen LogP contribution >= 0.6 is 0 Å². The topological polar surface area (TPSA) is 23.5 Å². The van der Waals surface area contributed by atoms with Crippen LogP contribution in [0.5, 0.6) is 0 Å². The Bertz CT molecular complexity index is 476. The standard InChI is InChI=1S/C16H19NO/c1-17(2)15-10-8-14(9-11-15)16(18)12-13-6-4-3-5-7-13/h3-11,16,18H,12H2,1-2H3/t16-/m0/s1. The highest BCUT2D eigenvalue weighted by Gasteiger charge is 2.08. The fraction of sp³-hybridized carbons (Fsp3) is 0.250. The van der Waals surface area contributed by atoms with Gasteiger partial charge in [0.1, 0.15) is 0 Å². The summed E-state index contributed by atoms with van der Waals surface area (Å²) in [5.41, 5.74) is 3.26. The minimum absolute atomic E-state index is 0.441. The summed E-state index contributed by atoms with van der Waals surface area (Å²) in [5, 5.41) is 10.2. The number of hydrogen-bond donors (Lipinski definition) is 1. The molecule has 94 valence electrons. The average molecular weight is 241 g/mol. The monoisotopic (exact) mass is 241 g/mol. The molecule has 0 aliphatic heterocycles. The molecule has 1 atom stereocenters. The Labute approximate surface area is 109 Å². The van der Waals surface area contributed by atoms with Crippen LogP contribution in [0.3, 0.4) is 0 Å². The van der Waals surface area contributed by atoms with E-state index in [0.29, 0.717) is 6.42 Å². The summed E-state index contributed by atoms with van der Waals surface area (Å²) in [6, 6.07) is 18.1. The van der Waals surface area contributed by atoms with Gasteiger partial charge in [0, 0.05) is 26.2 Å². The first-order chi connectivity index (χ1) is 8.66. The molecule has 0 spiro atoms. The lowest BCUT2D eigenvalue weighted by molar-refractivity contribution is 0.178. The van der Waals surface area contributed by atoms with Crippen molar-refractivity contribution >= 4 is 5.69 Å². The SMILES string of the molecule is CN(C)c1ccc([C@@H](O)Cc2ccccc2)cc1. The Balaban J connectivity index is 2.07. The molecule has 0 heterocycles. The Morgan fingerprint density at radius 2 is 1.56 bits per heavy atom. The van der Waals surface area contributed by atoms with E-state index in [2.05, 4.69) is 0 Å². The van der Waals surface area contributed by atoms with Crippen LogP contribution in [0.2, 0.25) is 0 Å². The highest BCUT2D eigenvalue weighted by molar-refractivity contribution is 5.46. The summed E-state index contributed by atoms with van der Waals surface area (Å²) in [6.45, 7) is 0. The first kappa shape index (κ1) is 12.7. The number of anilines is 1. The second-order valence-electron chi connectivity index (χ2n) is 4.69. The molecule has 0 saturated carbocycles. The molecular weight excluding hydrogens is 222 g/mol. The van der Waals surface area contributed by atoms with Gasteiger partial charge in [0.05, 0.1) is 6.10 Å². The molecule has 0 radical (unpaired) electrons. The number of nitrogens with zero attached hydrogens (tertiary/aromatic N) is 1. The lowest BCUT2D eigenvalue weighted by atomic mass is 10.0. The molecule has 0 amide bonds. The maximum Gasteiger partial charge on any atom is 0.0830 e. The molecule has 0 saturated heterocycles. The van der Waals surface area contributed by atoms with Gasteiger partial charge < -0.3 is 10.0 Å². The second-order valence-corrected chi connectivity index (χ2v) is 4.69. The normalized spacial score (nSPS) is 12.2. The smallest absolute Gasteiger partial charge is 0.0830 e. The zero-order chi connectivity index (χ0) is 13.0. The fourth-order valence-corrected chi connectivity index (χ4v) is 1.95. The first-order valence-electron chi connectivity index (χ1n) is 6.16. The second kappa shape index (κ2) is 5.69. The summed E-state index contributed by atoms with van der Waals surface area (Å²) < 4.78 is 0. The van der Waals surface area contributed by atoms with E-state index in [1.807, 2.05) is 73.6 Å². The van der Waals surface area contributed by atoms with Gasteiger partial charge in [0.15, 0.2) is 0 Å². The Morgan fingerprint density at radius 3 is 2.11 bits per heavy atom. The molecule has 2 aromatic rings. The van der Waals surface area contributed by atoms with E-state index < -0.39 is 6.10 Å². The van der Waals surface area contributed by atoms with Crippen LogP contribution in [0.1, 0.15) is 17.2 Å². The molecule has 0 fully saturated rings. The first-order valence-corrected chi connectivity index (χ1v) is 6.16. The van der Waals surface area contributed by atoms with Crippen molar-refractivity contribution in [2.75, 3.05) is 19.0 Å². The van der Waals surface area contributed by atoms with Crippen LogP contribution in [0.4, 0.5) is 5.69 Å². The molecule has 2 heteroatoms. The van der Waals surface area contributed by atoms with Crippen LogP contribution in [-0.2, 0) is 6.42 Å². The van der Waals surface area contributed by atoms with E-state index in [0.717, 1.165) is 16.8 Å². The average Bonchev–Trinajstić information content (AvgIpc) is 2.40. The molecule has 0 aliphatic rings. The third-order valence-electron chi connectivity index (χ3n) is 3.07. The number of benzene rings is 2. The zero-order valence-corrected chi connectivity index (χ0v) is 10.9. The minimum Gasteiger partial charge on any atom is -0.388 e. The third kappa shape index (κ3) is 3.11. The Morgan fingerprint density at radius 1 is 0.944 bits per heavy atom. The van der Waals surface area contributed by atoms with E-state index in [9.17, 15) is 5.11 Å². The van der Waals surface area contributed by atoms with Crippen LogP contribution in [-0.4, -0.2) is 19.2 Å². The molecule has 1 N–H and O–H groups in total. The number of rotatable bonds is 4. The van der Waals surface area contributed by atoms with Crippen molar-refractivity contribution in [3.8, 4) is 0 Å². The van der Waals surface area contributed by atoms with E-state index in [1.54, 1.807) is 0 Å². The highest BCUT2D eigenvalue weighted by Crippen LogP contribution is 2.21. The summed E-state index contributed by atoms with van der Waals surface area (Å²) in [6.07, 6.45) is 0.214. The number of aliphatic hydroxyl groups excluding tert-OH is 1. The van der Waals surface area contributed by atoms with Crippen LogP contribution in [0, 0.1) is 0 Å². The largest absolute Gasteiger partial charge is 0.388 e. The van der Waals surface area contributed by atoms with Gasteiger partial charge >= 0.3 is 0 Å². The number of hydrogen-bond acceptors (Lipinski definition) is 2. The van der Waals surface area contributed by atoms with Crippen molar-refractivity contribution in [1.82, 2.24) is 0 Å². The van der Waals surface area contributed by atoms with E-state index in [-0.39, 0.29) is 0 Å². The van der Waals surface area contributed by atoms with Gasteiger partial charge in [-0.3, -0.25) is 0 Å². The summed E-state index contributed by atoms with van der Waals surface area (Å²) in [7, 11) is 4.02. The van der Waals surface area contributed by atoms with E-state index >= 15 is 0 Å². The molecule has 18 heavy (non-hydrogen) atoms. The van der Waals surface area contributed by atoms with Gasteiger partial charge in [-0.25, -0.2) is 0 Å². The van der Waals surface area contributed by atoms with Crippen molar-refractivity contribution in [3.63, 3.8) is 0 Å². The van der Waals surface area contributed by atoms with Crippen molar-refractivity contribution < 1.29 is 5.11 Å². The van der Waals surface area contributed by atoms with Crippen LogP contribution in [0.15, 0.2) is 54.6 Å². The van der Waals surface area contributed by atoms with Gasteiger partial charge in [0.2, 0.25) is 0 Å². The fourth-order valence-electron chi connectivity index (χ4n) is 1.95. The predicted molar refractivity (Wildman–Crippen MR) is 75.9 cm³/mol. The predicted octanol–water partition coefficient (Wildman–Crippen LogP) is 3.03. The summed E-state index contributed by atoms with van der Waals surface area (Å²) >= 11 is 0. The van der Waals surface area contributed by atoms with Crippen LogP contribution in [0.25, 0.3) is 0 Å². The van der Waals surface area contributed by atoms with Gasteiger partial charge in [-0.15, -0.1) is 0 Å². The van der Waals surface area contributed by atoms with Crippen molar-refractivity contribution in [1.29, 1.82) is 0 Å². The lowest BCUT2D eigenvalue weighted by Gasteiger charge is -2.15. The molecular formula is C16H19NO. The van der Waals surface area contributed by atoms with E-state index in [1.165, 1.54) is 0 Å². The summed E-state index contributed by atoms with van der Waals surface area (Å²) in [5.74, 6) is 0. The van der Waals surface area contributed by atoms with E-state index in [4.69, 9.17) is 0 Å². The van der Waals surface area contributed by atoms with Crippen molar-refractivity contribution in [3.05, 3.63) is 65.7 Å². The quantitative estimate of drug-likeness (QED) is 0.889. The maximum absolute atomic E-state index is 10.2. The molecule has 0 bridgehead atoms. The molecule has 0 aromatic heterocycles. The highest BCUT2D eigenvalue weighted by atomic mass is 16.3. The molecule has 2 aromatic carbocycles. The Hall–Kier alpha value is -1.80. The Kier molecular flexibility index (Phi) is 4.00. The molecule has 2 nitrogen and oxygen atoms in total. The van der Waals surface area contributed by atoms with Crippen molar-refractivity contribution in [2.45, 2.75) is 12.5 Å². The lowest BCUT2D eigenvalue weighted by Crippen LogP contribution is -2.09. The maximum atomic E-state index is 10.2. The molecule has 0 aliphatic carbocycles. The van der Waals surface area contributed by atoms with Gasteiger partial charge in [0.25, 0.3) is 0 Å². The van der Waals surface area contributed by atoms with Gasteiger partial charge in [-0.1, -0.05) is 42.5 Å². The van der Waals surface area contributed by atoms with Gasteiger partial charge in [-0.2, -0.15) is 0 Å². The van der Waals surface area contributed by atoms with Gasteiger partial charge in [-0.05, 0) is 23.3 Å². The van der Waals surface area contributed by atoms with Crippen LogP contribution < -0.4 is 4.90 Å². The third-order valence-corrected chi connectivity index (χ3v) is 3.07. The summed E-state index contributed by atoms with van der Waals surface area (Å²) in [4.78, 5) is 2.05.